The van der Waals surface area contributed by atoms with Crippen LogP contribution in [0.5, 0.6) is 0 Å². The summed E-state index contributed by atoms with van der Waals surface area (Å²) in [5.41, 5.74) is 5.62. The highest BCUT2D eigenvalue weighted by molar-refractivity contribution is 7.91. The number of ether oxygens (including phenoxy) is 1. The topological polar surface area (TPSA) is 110 Å². The maximum atomic E-state index is 14.4. The molecular weight excluding hydrogens is 341 g/mol. The van der Waals surface area contributed by atoms with E-state index in [1.165, 1.54) is 12.1 Å². The number of rotatable bonds is 3. The largest absolute Gasteiger partial charge is 0.434 e. The van der Waals surface area contributed by atoms with Crippen LogP contribution in [0.3, 0.4) is 0 Å². The van der Waals surface area contributed by atoms with Gasteiger partial charge in [-0.05, 0) is 18.2 Å². The molecule has 24 heavy (non-hydrogen) atoms. The Bertz CT molecular complexity index is 784. The third kappa shape index (κ3) is 3.14. The van der Waals surface area contributed by atoms with Crippen LogP contribution >= 0.6 is 0 Å². The van der Waals surface area contributed by atoms with E-state index in [-0.39, 0.29) is 42.5 Å². The highest BCUT2D eigenvalue weighted by atomic mass is 32.2. The monoisotopic (exact) mass is 357 g/mol. The Balaban J connectivity index is 1.78. The zero-order valence-electron chi connectivity index (χ0n) is 12.6. The van der Waals surface area contributed by atoms with Crippen LogP contribution in [0, 0.1) is 5.82 Å². The van der Waals surface area contributed by atoms with Gasteiger partial charge in [-0.15, -0.1) is 0 Å². The second kappa shape index (κ2) is 5.93. The van der Waals surface area contributed by atoms with Gasteiger partial charge in [-0.25, -0.2) is 17.6 Å². The molecule has 2 aliphatic rings. The first-order valence-corrected chi connectivity index (χ1v) is 9.11. The van der Waals surface area contributed by atoms with E-state index in [1.807, 2.05) is 0 Å². The van der Waals surface area contributed by atoms with Crippen molar-refractivity contribution in [3.05, 3.63) is 24.0 Å². The Morgan fingerprint density at radius 1 is 1.29 bits per heavy atom. The van der Waals surface area contributed by atoms with Crippen molar-refractivity contribution >= 4 is 33.2 Å². The minimum Gasteiger partial charge on any atom is -0.434 e. The van der Waals surface area contributed by atoms with Gasteiger partial charge in [0.15, 0.2) is 15.9 Å². The SMILES string of the molecule is NC(=O)[C@H]1CN(c2ccc(N3CCS(=O)(=O)CC3)c(F)c2)C(=O)O1. The highest BCUT2D eigenvalue weighted by Gasteiger charge is 2.36. The molecule has 2 saturated heterocycles. The lowest BCUT2D eigenvalue weighted by atomic mass is 10.2. The number of nitrogens with zero attached hydrogens (tertiary/aromatic N) is 2. The number of benzene rings is 1. The minimum atomic E-state index is -3.06. The molecular formula is C14H16FN3O5S. The van der Waals surface area contributed by atoms with E-state index in [9.17, 15) is 22.4 Å². The average molecular weight is 357 g/mol. The van der Waals surface area contributed by atoms with E-state index < -0.39 is 33.8 Å². The maximum Gasteiger partial charge on any atom is 0.415 e. The number of amides is 2. The number of primary amides is 1. The van der Waals surface area contributed by atoms with Gasteiger partial charge in [0.25, 0.3) is 5.91 Å². The highest BCUT2D eigenvalue weighted by Crippen LogP contribution is 2.28. The van der Waals surface area contributed by atoms with Crippen molar-refractivity contribution in [3.63, 3.8) is 0 Å². The number of anilines is 2. The lowest BCUT2D eigenvalue weighted by Crippen LogP contribution is -2.40. The van der Waals surface area contributed by atoms with E-state index in [0.717, 1.165) is 11.0 Å². The van der Waals surface area contributed by atoms with Gasteiger partial charge >= 0.3 is 6.09 Å². The van der Waals surface area contributed by atoms with Crippen molar-refractivity contribution in [2.24, 2.45) is 5.73 Å². The summed E-state index contributed by atoms with van der Waals surface area (Å²) in [5, 5.41) is 0. The predicted octanol–water partition coefficient (Wildman–Crippen LogP) is -0.129. The summed E-state index contributed by atoms with van der Waals surface area (Å²) in [7, 11) is -3.06. The normalized spacial score (nSPS) is 23.2. The molecule has 0 radical (unpaired) electrons. The van der Waals surface area contributed by atoms with E-state index in [4.69, 9.17) is 10.5 Å². The summed E-state index contributed by atoms with van der Waals surface area (Å²) in [6.07, 6.45) is -1.83. The van der Waals surface area contributed by atoms with Gasteiger partial charge < -0.3 is 15.4 Å². The second-order valence-corrected chi connectivity index (χ2v) is 7.96. The molecule has 1 atom stereocenters. The van der Waals surface area contributed by atoms with Crippen LogP contribution in [0.4, 0.5) is 20.6 Å². The van der Waals surface area contributed by atoms with Gasteiger partial charge in [-0.3, -0.25) is 9.69 Å². The minimum absolute atomic E-state index is 0.0209. The molecule has 2 fully saturated rings. The molecule has 0 unspecified atom stereocenters. The van der Waals surface area contributed by atoms with Crippen molar-refractivity contribution in [2.75, 3.05) is 40.9 Å². The standard InChI is InChI=1S/C14H16FN3O5S/c15-10-7-9(18-8-12(13(16)19)23-14(18)20)1-2-11(10)17-3-5-24(21,22)6-4-17/h1-2,7,12H,3-6,8H2,(H2,16,19)/t12-/m1/s1. The fourth-order valence-electron chi connectivity index (χ4n) is 2.70. The first-order chi connectivity index (χ1) is 11.3. The van der Waals surface area contributed by atoms with Gasteiger partial charge in [0.2, 0.25) is 0 Å². The number of sulfone groups is 1. The molecule has 2 aliphatic heterocycles. The maximum absolute atomic E-state index is 14.4. The van der Waals surface area contributed by atoms with Gasteiger partial charge in [-0.2, -0.15) is 0 Å². The Morgan fingerprint density at radius 2 is 1.96 bits per heavy atom. The molecule has 1 aromatic carbocycles. The number of carbonyl (C=O) groups is 2. The first-order valence-electron chi connectivity index (χ1n) is 7.29. The fraction of sp³-hybridized carbons (Fsp3) is 0.429. The summed E-state index contributed by atoms with van der Waals surface area (Å²) in [5.74, 6) is -1.39. The average Bonchev–Trinajstić information content (AvgIpc) is 2.90. The third-order valence-electron chi connectivity index (χ3n) is 4.06. The summed E-state index contributed by atoms with van der Waals surface area (Å²) in [4.78, 5) is 25.6. The molecule has 2 heterocycles. The smallest absolute Gasteiger partial charge is 0.415 e. The van der Waals surface area contributed by atoms with E-state index in [2.05, 4.69) is 0 Å². The molecule has 1 aromatic rings. The zero-order chi connectivity index (χ0) is 17.5. The molecule has 3 rings (SSSR count). The van der Waals surface area contributed by atoms with Crippen molar-refractivity contribution < 1.29 is 27.1 Å². The van der Waals surface area contributed by atoms with Crippen LogP contribution in [0.2, 0.25) is 0 Å². The number of carbonyl (C=O) groups excluding carboxylic acids is 2. The van der Waals surface area contributed by atoms with Gasteiger partial charge in [0.05, 0.1) is 29.4 Å². The van der Waals surface area contributed by atoms with Crippen LogP contribution in [0.15, 0.2) is 18.2 Å². The molecule has 2 N–H and O–H groups in total. The number of nitrogens with two attached hydrogens (primary N) is 1. The first kappa shape index (κ1) is 16.5. The number of hydrogen-bond acceptors (Lipinski definition) is 6. The van der Waals surface area contributed by atoms with Gasteiger partial charge in [0.1, 0.15) is 5.82 Å². The van der Waals surface area contributed by atoms with Crippen molar-refractivity contribution in [1.29, 1.82) is 0 Å². The third-order valence-corrected chi connectivity index (χ3v) is 5.67. The molecule has 0 bridgehead atoms. The molecule has 0 spiro atoms. The summed E-state index contributed by atoms with van der Waals surface area (Å²) < 4.78 is 42.1. The molecule has 0 saturated carbocycles. The van der Waals surface area contributed by atoms with Crippen LogP contribution in [0.1, 0.15) is 0 Å². The molecule has 0 aromatic heterocycles. The molecule has 8 nitrogen and oxygen atoms in total. The second-order valence-electron chi connectivity index (χ2n) is 5.66. The number of cyclic esters (lactones) is 1. The van der Waals surface area contributed by atoms with Crippen molar-refractivity contribution in [3.8, 4) is 0 Å². The van der Waals surface area contributed by atoms with E-state index in [0.29, 0.717) is 0 Å². The Hall–Kier alpha value is -2.36. The predicted molar refractivity (Wildman–Crippen MR) is 84.1 cm³/mol. The van der Waals surface area contributed by atoms with E-state index >= 15 is 0 Å². The van der Waals surface area contributed by atoms with Crippen LogP contribution < -0.4 is 15.5 Å². The lowest BCUT2D eigenvalue weighted by molar-refractivity contribution is -0.124. The fourth-order valence-corrected chi connectivity index (χ4v) is 3.90. The van der Waals surface area contributed by atoms with Crippen molar-refractivity contribution in [1.82, 2.24) is 0 Å². The Kier molecular flexibility index (Phi) is 4.08. The Labute approximate surface area is 137 Å². The molecule has 10 heteroatoms. The summed E-state index contributed by atoms with van der Waals surface area (Å²) in [6.45, 7) is 0.358. The van der Waals surface area contributed by atoms with Gasteiger partial charge in [-0.1, -0.05) is 0 Å². The van der Waals surface area contributed by atoms with E-state index in [1.54, 1.807) is 4.90 Å². The van der Waals surface area contributed by atoms with Crippen molar-refractivity contribution in [2.45, 2.75) is 6.10 Å². The molecule has 0 aliphatic carbocycles. The van der Waals surface area contributed by atoms with Crippen LogP contribution in [-0.4, -0.2) is 57.7 Å². The van der Waals surface area contributed by atoms with Crippen LogP contribution in [-0.2, 0) is 19.4 Å². The lowest BCUT2D eigenvalue weighted by Gasteiger charge is -2.29. The van der Waals surface area contributed by atoms with Crippen LogP contribution in [0.25, 0.3) is 0 Å². The molecule has 2 amide bonds. The quantitative estimate of drug-likeness (QED) is 0.807. The molecule has 130 valence electrons. The van der Waals surface area contributed by atoms with Gasteiger partial charge in [0, 0.05) is 13.1 Å². The summed E-state index contributed by atoms with van der Waals surface area (Å²) >= 11 is 0. The summed E-state index contributed by atoms with van der Waals surface area (Å²) in [6, 6.07) is 4.16. The zero-order valence-corrected chi connectivity index (χ0v) is 13.5. The number of hydrogen-bond donors (Lipinski definition) is 1. The number of halogens is 1. The Morgan fingerprint density at radius 3 is 2.50 bits per heavy atom.